The lowest BCUT2D eigenvalue weighted by Gasteiger charge is -2.30. The average Bonchev–Trinajstić information content (AvgIpc) is 3.70. The highest BCUT2D eigenvalue weighted by Crippen LogP contribution is 2.38. The van der Waals surface area contributed by atoms with Crippen molar-refractivity contribution in [3.8, 4) is 0 Å². The van der Waals surface area contributed by atoms with Gasteiger partial charge in [0.05, 0.1) is 33.8 Å². The maximum absolute atomic E-state index is 13.6. The lowest BCUT2D eigenvalue weighted by molar-refractivity contribution is -0.870. The molecule has 10 heteroatoms. The van der Waals surface area contributed by atoms with Crippen molar-refractivity contribution in [2.45, 2.75) is 392 Å². The van der Waals surface area contributed by atoms with Gasteiger partial charge < -0.3 is 28.5 Å². The molecular formula is C77H147N2O7P. The third-order valence-corrected chi connectivity index (χ3v) is 18.2. The van der Waals surface area contributed by atoms with Crippen molar-refractivity contribution in [2.24, 2.45) is 0 Å². The van der Waals surface area contributed by atoms with E-state index >= 15 is 0 Å². The summed E-state index contributed by atoms with van der Waals surface area (Å²) in [5.41, 5.74) is 0. The topological polar surface area (TPSA) is 114 Å². The Kier molecular flexibility index (Phi) is 65.3. The number of nitrogens with zero attached hydrogens (tertiary/aromatic N) is 1. The molecule has 0 radical (unpaired) electrons. The van der Waals surface area contributed by atoms with Crippen molar-refractivity contribution >= 4 is 19.7 Å². The van der Waals surface area contributed by atoms with Gasteiger partial charge in [-0.05, 0) is 70.3 Å². The zero-order valence-corrected chi connectivity index (χ0v) is 59.6. The highest BCUT2D eigenvalue weighted by Gasteiger charge is 2.27. The van der Waals surface area contributed by atoms with Crippen molar-refractivity contribution in [1.29, 1.82) is 0 Å². The fraction of sp³-hybridized carbons (Fsp3) is 0.870. The molecule has 0 saturated heterocycles. The van der Waals surface area contributed by atoms with Gasteiger partial charge in [-0.25, -0.2) is 0 Å². The molecule has 0 bridgehead atoms. The number of rotatable bonds is 70. The fourth-order valence-electron chi connectivity index (χ4n) is 11.4. The van der Waals surface area contributed by atoms with Crippen LogP contribution in [-0.2, 0) is 27.9 Å². The molecule has 0 aliphatic rings. The van der Waals surface area contributed by atoms with Crippen LogP contribution in [0.2, 0.25) is 0 Å². The zero-order valence-electron chi connectivity index (χ0n) is 58.7. The largest absolute Gasteiger partial charge is 0.756 e. The Labute approximate surface area is 541 Å². The number of nitrogens with one attached hydrogen (secondary N) is 1. The van der Waals surface area contributed by atoms with Gasteiger partial charge in [0.25, 0.3) is 7.82 Å². The van der Waals surface area contributed by atoms with Crippen LogP contribution in [0.4, 0.5) is 0 Å². The summed E-state index contributed by atoms with van der Waals surface area (Å²) in [6.45, 7) is 6.88. The minimum Gasteiger partial charge on any atom is -0.756 e. The highest BCUT2D eigenvalue weighted by molar-refractivity contribution is 7.45. The molecule has 0 aliphatic carbocycles. The number of quaternary nitrogens is 1. The van der Waals surface area contributed by atoms with Crippen molar-refractivity contribution < 1.29 is 37.3 Å². The molecule has 0 heterocycles. The van der Waals surface area contributed by atoms with Crippen LogP contribution in [0.3, 0.4) is 0 Å². The molecule has 9 nitrogen and oxygen atoms in total. The Balaban J connectivity index is 5.01. The molecule has 1 N–H and O–H groups in total. The van der Waals surface area contributed by atoms with Gasteiger partial charge in [0.2, 0.25) is 5.91 Å². The van der Waals surface area contributed by atoms with Gasteiger partial charge >= 0.3 is 5.97 Å². The number of ether oxygens (including phenoxy) is 1. The van der Waals surface area contributed by atoms with Gasteiger partial charge in [-0.3, -0.25) is 14.2 Å². The van der Waals surface area contributed by atoms with Crippen LogP contribution < -0.4 is 10.2 Å². The number of phosphoric acid groups is 1. The molecule has 87 heavy (non-hydrogen) atoms. The Hall–Kier alpha value is -2.03. The SMILES string of the molecule is CCCCC/C=C\C/C=C\C/C=C\CCCCCCCCCCCCCCC(=O)NC(COP(=O)([O-])OCC[N+](C)(C)C)C(/C=C/CCCCCCCCCCCCC)OC(=O)CCCCCCCCCCCCCCCCCCCCCCCCC. The van der Waals surface area contributed by atoms with Gasteiger partial charge in [0.15, 0.2) is 0 Å². The number of carbonyl (C=O) groups is 2. The van der Waals surface area contributed by atoms with Crippen molar-refractivity contribution in [1.82, 2.24) is 5.32 Å². The lowest BCUT2D eigenvalue weighted by atomic mass is 10.0. The molecule has 0 spiro atoms. The number of unbranched alkanes of at least 4 members (excludes halogenated alkanes) is 48. The third kappa shape index (κ3) is 68.2. The standard InChI is InChI=1S/C77H147N2O7P/c1-7-10-13-16-19-22-25-28-30-32-34-36-38-39-41-42-44-46-48-51-54-57-60-63-66-69-76(80)78-74(73-85-87(82,83)84-72-71-79(4,5)6)75(68-65-62-59-56-53-50-27-24-21-18-15-12-9-3)86-77(81)70-67-64-61-58-55-52-49-47-45-43-40-37-35-33-31-29-26-23-20-17-14-11-8-2/h19,22,28,30,34,36,65,68,74-75H,7-18,20-21,23-27,29,31-33,35,37-64,66-67,69-73H2,1-6H3,(H-,78,80,82,83)/b22-19-,30-28-,36-34-,68-65+. The van der Waals surface area contributed by atoms with Crippen LogP contribution in [0.5, 0.6) is 0 Å². The number of hydrogen-bond donors (Lipinski definition) is 1. The molecule has 3 unspecified atom stereocenters. The first-order valence-electron chi connectivity index (χ1n) is 37.9. The molecule has 0 aliphatic heterocycles. The summed E-state index contributed by atoms with van der Waals surface area (Å²) in [5, 5.41) is 3.06. The Bertz CT molecular complexity index is 1620. The van der Waals surface area contributed by atoms with Crippen LogP contribution in [0, 0.1) is 0 Å². The Morgan fingerprint density at radius 1 is 0.402 bits per heavy atom. The van der Waals surface area contributed by atoms with Gasteiger partial charge in [-0.2, -0.15) is 0 Å². The van der Waals surface area contributed by atoms with Gasteiger partial charge in [0, 0.05) is 12.8 Å². The van der Waals surface area contributed by atoms with E-state index in [0.717, 1.165) is 70.6 Å². The molecular weight excluding hydrogens is 1100 g/mol. The van der Waals surface area contributed by atoms with E-state index in [9.17, 15) is 19.0 Å². The quantitative estimate of drug-likeness (QED) is 0.0212. The number of allylic oxidation sites excluding steroid dienone is 7. The molecule has 1 amide bonds. The first kappa shape index (κ1) is 85.0. The third-order valence-electron chi connectivity index (χ3n) is 17.3. The average molecular weight is 1240 g/mol. The predicted octanol–water partition coefficient (Wildman–Crippen LogP) is 23.7. The van der Waals surface area contributed by atoms with Gasteiger partial charge in [0.1, 0.15) is 19.3 Å². The molecule has 0 aromatic heterocycles. The Morgan fingerprint density at radius 3 is 1.07 bits per heavy atom. The summed E-state index contributed by atoms with van der Waals surface area (Å²) in [5.74, 6) is -0.522. The summed E-state index contributed by atoms with van der Waals surface area (Å²) in [6.07, 6.45) is 85.3. The van der Waals surface area contributed by atoms with Gasteiger partial charge in [-0.1, -0.05) is 346 Å². The van der Waals surface area contributed by atoms with E-state index in [-0.39, 0.29) is 31.5 Å². The van der Waals surface area contributed by atoms with E-state index < -0.39 is 20.0 Å². The minimum absolute atomic E-state index is 0.0205. The van der Waals surface area contributed by atoms with E-state index in [0.29, 0.717) is 17.4 Å². The second-order valence-electron chi connectivity index (χ2n) is 27.2. The maximum Gasteiger partial charge on any atom is 0.306 e. The van der Waals surface area contributed by atoms with Crippen LogP contribution in [-0.4, -0.2) is 69.4 Å². The van der Waals surface area contributed by atoms with Crippen LogP contribution in [0.15, 0.2) is 48.6 Å². The number of phosphoric ester groups is 1. The smallest absolute Gasteiger partial charge is 0.306 e. The van der Waals surface area contributed by atoms with Crippen LogP contribution in [0.25, 0.3) is 0 Å². The number of carbonyl (C=O) groups excluding carboxylic acids is 2. The highest BCUT2D eigenvalue weighted by atomic mass is 31.2. The summed E-state index contributed by atoms with van der Waals surface area (Å²) in [6, 6.07) is -0.888. The summed E-state index contributed by atoms with van der Waals surface area (Å²) in [4.78, 5) is 40.3. The zero-order chi connectivity index (χ0) is 63.5. The van der Waals surface area contributed by atoms with Crippen molar-refractivity contribution in [3.63, 3.8) is 0 Å². The monoisotopic (exact) mass is 1240 g/mol. The van der Waals surface area contributed by atoms with E-state index in [2.05, 4.69) is 62.5 Å². The molecule has 0 fully saturated rings. The second kappa shape index (κ2) is 66.9. The van der Waals surface area contributed by atoms with E-state index in [1.807, 2.05) is 33.3 Å². The minimum atomic E-state index is -4.71. The summed E-state index contributed by atoms with van der Waals surface area (Å²) < 4.78 is 30.5. The van der Waals surface area contributed by atoms with E-state index in [4.69, 9.17) is 13.8 Å². The first-order valence-corrected chi connectivity index (χ1v) is 39.4. The predicted molar refractivity (Wildman–Crippen MR) is 376 cm³/mol. The Morgan fingerprint density at radius 2 is 0.701 bits per heavy atom. The van der Waals surface area contributed by atoms with Crippen LogP contribution in [0.1, 0.15) is 380 Å². The molecule has 0 aromatic rings. The number of likely N-dealkylation sites (N-methyl/N-ethyl adjacent to an activating group) is 1. The lowest BCUT2D eigenvalue weighted by Crippen LogP contribution is -2.47. The maximum atomic E-state index is 13.6. The normalized spacial score (nSPS) is 13.7. The summed E-state index contributed by atoms with van der Waals surface area (Å²) in [7, 11) is 1.20. The van der Waals surface area contributed by atoms with Gasteiger partial charge in [-0.15, -0.1) is 0 Å². The van der Waals surface area contributed by atoms with E-state index in [1.54, 1.807) is 0 Å². The number of esters is 1. The number of hydrogen-bond acceptors (Lipinski definition) is 7. The molecule has 3 atom stereocenters. The molecule has 0 saturated carbocycles. The molecule has 0 rings (SSSR count). The fourth-order valence-corrected chi connectivity index (χ4v) is 12.1. The van der Waals surface area contributed by atoms with Crippen molar-refractivity contribution in [2.75, 3.05) is 40.9 Å². The number of amides is 1. The van der Waals surface area contributed by atoms with Crippen LogP contribution >= 0.6 is 7.82 Å². The first-order chi connectivity index (χ1) is 42.4. The van der Waals surface area contributed by atoms with E-state index in [1.165, 1.54) is 276 Å². The second-order valence-corrected chi connectivity index (χ2v) is 28.6. The molecule has 0 aromatic carbocycles. The van der Waals surface area contributed by atoms with Crippen molar-refractivity contribution in [3.05, 3.63) is 48.6 Å². The summed E-state index contributed by atoms with van der Waals surface area (Å²) >= 11 is 0. The molecule has 512 valence electrons.